The van der Waals surface area contributed by atoms with Gasteiger partial charge in [0.05, 0.1) is 13.2 Å². The van der Waals surface area contributed by atoms with Crippen molar-refractivity contribution in [3.63, 3.8) is 0 Å². The highest BCUT2D eigenvalue weighted by atomic mass is 31.1. The Morgan fingerprint density at radius 2 is 2.00 bits per heavy atom. The number of rotatable bonds is 4. The molecule has 1 rings (SSSR count). The summed E-state index contributed by atoms with van der Waals surface area (Å²) in [5.41, 5.74) is 0. The van der Waals surface area contributed by atoms with Crippen molar-refractivity contribution in [3.8, 4) is 0 Å². The fourth-order valence-corrected chi connectivity index (χ4v) is 3.08. The van der Waals surface area contributed by atoms with Crippen molar-refractivity contribution < 1.29 is 14.7 Å². The lowest BCUT2D eigenvalue weighted by Crippen LogP contribution is -2.18. The second-order valence-corrected chi connectivity index (χ2v) is 4.88. The maximum Gasteiger partial charge on any atom is 0.101 e. The molecule has 66 valence electrons. The van der Waals surface area contributed by atoms with E-state index in [2.05, 4.69) is 0 Å². The first kappa shape index (κ1) is 9.40. The van der Waals surface area contributed by atoms with Crippen LogP contribution in [0, 0.1) is 0 Å². The zero-order valence-electron chi connectivity index (χ0n) is 6.57. The lowest BCUT2D eigenvalue weighted by molar-refractivity contribution is 0.0576. The molecular weight excluding hydrogens is 163 g/mol. The Hall–Kier alpha value is 0.310. The monoisotopic (exact) mass is 178 g/mol. The maximum absolute atomic E-state index is 8.95. The summed E-state index contributed by atoms with van der Waals surface area (Å²) in [4.78, 5) is 0. The molecule has 1 saturated heterocycles. The van der Waals surface area contributed by atoms with Crippen LogP contribution in [0.1, 0.15) is 12.8 Å². The van der Waals surface area contributed by atoms with Gasteiger partial charge in [-0.15, -0.1) is 0 Å². The van der Waals surface area contributed by atoms with Crippen molar-refractivity contribution in [3.05, 3.63) is 0 Å². The van der Waals surface area contributed by atoms with Gasteiger partial charge in [0.15, 0.2) is 0 Å². The molecule has 1 atom stereocenters. The number of aliphatic hydroxyl groups excluding tert-OH is 2. The first-order valence-electron chi connectivity index (χ1n) is 3.99. The van der Waals surface area contributed by atoms with Gasteiger partial charge in [-0.25, -0.2) is 0 Å². The Balaban J connectivity index is 2.01. The SMILES string of the molecule is OCC(O)COP1CCCC1. The molecule has 3 nitrogen and oxygen atoms in total. The van der Waals surface area contributed by atoms with Crippen LogP contribution in [0.15, 0.2) is 0 Å². The molecule has 1 heterocycles. The maximum atomic E-state index is 8.95. The molecule has 0 aromatic heterocycles. The molecule has 0 radical (unpaired) electrons. The third kappa shape index (κ3) is 3.48. The predicted octanol–water partition coefficient (Wildman–Crippen LogP) is 0.547. The van der Waals surface area contributed by atoms with Crippen molar-refractivity contribution in [2.24, 2.45) is 0 Å². The minimum atomic E-state index is -0.682. The van der Waals surface area contributed by atoms with Gasteiger partial charge in [-0.3, -0.25) is 0 Å². The Labute approximate surface area is 68.2 Å². The van der Waals surface area contributed by atoms with Crippen LogP contribution in [0.25, 0.3) is 0 Å². The van der Waals surface area contributed by atoms with E-state index in [1.165, 1.54) is 25.2 Å². The highest BCUT2D eigenvalue weighted by Crippen LogP contribution is 2.44. The van der Waals surface area contributed by atoms with E-state index in [1.807, 2.05) is 0 Å². The third-order valence-corrected chi connectivity index (χ3v) is 3.87. The normalized spacial score (nSPS) is 22.4. The molecule has 0 aliphatic carbocycles. The van der Waals surface area contributed by atoms with Gasteiger partial charge in [-0.1, -0.05) is 0 Å². The van der Waals surface area contributed by atoms with Crippen molar-refractivity contribution in [1.82, 2.24) is 0 Å². The molecule has 0 bridgehead atoms. The lowest BCUT2D eigenvalue weighted by Gasteiger charge is -2.12. The molecule has 1 aliphatic heterocycles. The first-order valence-corrected chi connectivity index (χ1v) is 5.62. The number of hydrogen-bond donors (Lipinski definition) is 2. The molecule has 1 fully saturated rings. The van der Waals surface area contributed by atoms with E-state index in [0.717, 1.165) is 0 Å². The Morgan fingerprint density at radius 3 is 2.55 bits per heavy atom. The highest BCUT2D eigenvalue weighted by Gasteiger charge is 2.16. The van der Waals surface area contributed by atoms with E-state index >= 15 is 0 Å². The van der Waals surface area contributed by atoms with Crippen LogP contribution in [0.4, 0.5) is 0 Å². The van der Waals surface area contributed by atoms with E-state index < -0.39 is 6.10 Å². The van der Waals surface area contributed by atoms with Crippen LogP contribution in [0.2, 0.25) is 0 Å². The molecule has 11 heavy (non-hydrogen) atoms. The number of aliphatic hydroxyl groups is 2. The van der Waals surface area contributed by atoms with Crippen molar-refractivity contribution in [1.29, 1.82) is 0 Å². The molecule has 2 N–H and O–H groups in total. The van der Waals surface area contributed by atoms with Gasteiger partial charge in [0.25, 0.3) is 0 Å². The molecule has 0 aromatic carbocycles. The Morgan fingerprint density at radius 1 is 1.36 bits per heavy atom. The predicted molar refractivity (Wildman–Crippen MR) is 44.9 cm³/mol. The summed E-state index contributed by atoms with van der Waals surface area (Å²) in [7, 11) is -0.254. The fourth-order valence-electron chi connectivity index (χ4n) is 1.06. The second-order valence-electron chi connectivity index (χ2n) is 2.77. The van der Waals surface area contributed by atoms with E-state index in [9.17, 15) is 0 Å². The summed E-state index contributed by atoms with van der Waals surface area (Å²) in [5.74, 6) is 0. The summed E-state index contributed by atoms with van der Waals surface area (Å²) in [6.45, 7) is 0.116. The van der Waals surface area contributed by atoms with E-state index in [-0.39, 0.29) is 14.8 Å². The zero-order valence-corrected chi connectivity index (χ0v) is 7.46. The summed E-state index contributed by atoms with van der Waals surface area (Å²) >= 11 is 0. The molecule has 1 aliphatic rings. The highest BCUT2D eigenvalue weighted by molar-refractivity contribution is 7.52. The molecule has 0 aromatic rings. The van der Waals surface area contributed by atoms with Crippen LogP contribution in [-0.2, 0) is 4.52 Å². The Bertz CT molecular complexity index is 104. The summed E-state index contributed by atoms with van der Waals surface area (Å²) in [6, 6.07) is 0. The van der Waals surface area contributed by atoms with Crippen molar-refractivity contribution >= 4 is 8.15 Å². The van der Waals surface area contributed by atoms with E-state index in [1.54, 1.807) is 0 Å². The quantitative estimate of drug-likeness (QED) is 0.618. The molecule has 4 heteroatoms. The van der Waals surface area contributed by atoms with E-state index in [0.29, 0.717) is 6.61 Å². The first-order chi connectivity index (χ1) is 5.33. The topological polar surface area (TPSA) is 49.7 Å². The molecule has 1 unspecified atom stereocenters. The van der Waals surface area contributed by atoms with Gasteiger partial charge in [-0.05, 0) is 25.2 Å². The minimum absolute atomic E-state index is 0.191. The smallest absolute Gasteiger partial charge is 0.101 e. The summed E-state index contributed by atoms with van der Waals surface area (Å²) in [5, 5.41) is 17.4. The lowest BCUT2D eigenvalue weighted by atomic mass is 10.4. The third-order valence-electron chi connectivity index (χ3n) is 1.73. The van der Waals surface area contributed by atoms with Gasteiger partial charge < -0.3 is 14.7 Å². The van der Waals surface area contributed by atoms with Gasteiger partial charge in [0.2, 0.25) is 0 Å². The molecule has 0 saturated carbocycles. The van der Waals surface area contributed by atoms with Crippen LogP contribution in [0.3, 0.4) is 0 Å². The van der Waals surface area contributed by atoms with Crippen LogP contribution < -0.4 is 0 Å². The summed E-state index contributed by atoms with van der Waals surface area (Å²) < 4.78 is 5.41. The fraction of sp³-hybridized carbons (Fsp3) is 1.00. The van der Waals surface area contributed by atoms with Gasteiger partial charge >= 0.3 is 0 Å². The second kappa shape index (κ2) is 5.04. The van der Waals surface area contributed by atoms with Crippen LogP contribution in [-0.4, -0.2) is 41.9 Å². The van der Waals surface area contributed by atoms with Crippen LogP contribution >= 0.6 is 8.15 Å². The minimum Gasteiger partial charge on any atom is -0.394 e. The van der Waals surface area contributed by atoms with Crippen molar-refractivity contribution in [2.45, 2.75) is 18.9 Å². The average Bonchev–Trinajstić information content (AvgIpc) is 2.52. The number of hydrogen-bond acceptors (Lipinski definition) is 3. The van der Waals surface area contributed by atoms with Crippen LogP contribution in [0.5, 0.6) is 0 Å². The molecular formula is C7H15O3P. The van der Waals surface area contributed by atoms with Gasteiger partial charge in [-0.2, -0.15) is 0 Å². The molecule has 0 spiro atoms. The van der Waals surface area contributed by atoms with E-state index in [4.69, 9.17) is 14.7 Å². The molecule has 0 amide bonds. The van der Waals surface area contributed by atoms with Gasteiger partial charge in [0.1, 0.15) is 6.10 Å². The van der Waals surface area contributed by atoms with Crippen molar-refractivity contribution in [2.75, 3.05) is 25.5 Å². The standard InChI is InChI=1S/C7H15O3P/c8-5-7(9)6-10-11-3-1-2-4-11/h7-9H,1-6H2. The average molecular weight is 178 g/mol. The largest absolute Gasteiger partial charge is 0.394 e. The Kier molecular flexibility index (Phi) is 4.31. The zero-order chi connectivity index (χ0) is 8.10. The summed E-state index contributed by atoms with van der Waals surface area (Å²) in [6.07, 6.45) is 4.20. The van der Waals surface area contributed by atoms with Gasteiger partial charge in [0, 0.05) is 8.15 Å².